The summed E-state index contributed by atoms with van der Waals surface area (Å²) >= 11 is 0. The molecule has 0 atom stereocenters. The van der Waals surface area contributed by atoms with Gasteiger partial charge >= 0.3 is 0 Å². The lowest BCUT2D eigenvalue weighted by Crippen LogP contribution is -1.91. The number of anilines is 2. The third-order valence-electron chi connectivity index (χ3n) is 2.86. The Morgan fingerprint density at radius 3 is 1.48 bits per heavy atom. The predicted octanol–water partition coefficient (Wildman–Crippen LogP) is 4.40. The summed E-state index contributed by atoms with van der Waals surface area (Å²) in [6.07, 6.45) is 0. The number of carbonyl (C=O) groups excluding carboxylic acids is 2. The lowest BCUT2D eigenvalue weighted by molar-refractivity contribution is -0.130. The maximum atomic E-state index is 9.87. The van der Waals surface area contributed by atoms with E-state index < -0.39 is 0 Å². The monoisotopic (exact) mass is 376 g/mol. The zero-order chi connectivity index (χ0) is 20.9. The highest BCUT2D eigenvalue weighted by Crippen LogP contribution is 2.08. The van der Waals surface area contributed by atoms with Crippen LogP contribution in [-0.2, 0) is 32.3 Å². The van der Waals surface area contributed by atoms with Gasteiger partial charge in [0.1, 0.15) is 13.2 Å². The second kappa shape index (κ2) is 19.3. The maximum absolute atomic E-state index is 9.87. The maximum Gasteiger partial charge on any atom is 0.293 e. The minimum absolute atomic E-state index is 0.309. The molecule has 0 unspecified atom stereocenters. The summed E-state index contributed by atoms with van der Waals surface area (Å²) in [7, 11) is 1.86. The number of nitrogens with two attached hydrogens (primary N) is 1. The normalized spacial score (nSPS) is 8.19. The molecule has 6 nitrogen and oxygen atoms in total. The third-order valence-corrected chi connectivity index (χ3v) is 2.86. The molecule has 2 aromatic rings. The number of ether oxygens (including phenoxy) is 2. The van der Waals surface area contributed by atoms with E-state index in [4.69, 9.17) is 5.73 Å². The molecule has 0 heterocycles. The Balaban J connectivity index is 0. The molecule has 0 aliphatic carbocycles. The van der Waals surface area contributed by atoms with Gasteiger partial charge in [-0.3, -0.25) is 9.59 Å². The fourth-order valence-corrected chi connectivity index (χ4v) is 1.64. The summed E-state index contributed by atoms with van der Waals surface area (Å²) in [5.74, 6) is 0. The number of benzene rings is 2. The van der Waals surface area contributed by atoms with Crippen LogP contribution in [-0.4, -0.2) is 20.0 Å². The van der Waals surface area contributed by atoms with Crippen LogP contribution < -0.4 is 11.1 Å². The number of hydrogen-bond donors (Lipinski definition) is 2. The molecule has 2 rings (SSSR count). The van der Waals surface area contributed by atoms with Crippen LogP contribution in [0.4, 0.5) is 11.4 Å². The van der Waals surface area contributed by atoms with E-state index in [1.54, 1.807) is 12.1 Å². The van der Waals surface area contributed by atoms with E-state index in [2.05, 4.69) is 14.8 Å². The zero-order valence-electron chi connectivity index (χ0n) is 16.9. The molecule has 0 fully saturated rings. The number of carbonyl (C=O) groups is 2. The molecule has 0 saturated carbocycles. The number of rotatable bonds is 7. The van der Waals surface area contributed by atoms with Gasteiger partial charge in [-0.05, 0) is 35.4 Å². The molecular weight excluding hydrogens is 344 g/mol. The fraction of sp³-hybridized carbons (Fsp3) is 0.333. The summed E-state index contributed by atoms with van der Waals surface area (Å²) in [5.41, 5.74) is 9.12. The highest BCUT2D eigenvalue weighted by atomic mass is 16.5. The van der Waals surface area contributed by atoms with Crippen LogP contribution in [0.15, 0.2) is 48.5 Å². The second-order valence-electron chi connectivity index (χ2n) is 4.50. The van der Waals surface area contributed by atoms with Gasteiger partial charge in [0.25, 0.3) is 12.9 Å². The van der Waals surface area contributed by atoms with E-state index in [-0.39, 0.29) is 0 Å². The Hall–Kier alpha value is -3.02. The lowest BCUT2D eigenvalue weighted by Gasteiger charge is -2.01. The smallest absolute Gasteiger partial charge is 0.293 e. The van der Waals surface area contributed by atoms with Crippen molar-refractivity contribution in [2.75, 3.05) is 18.1 Å². The van der Waals surface area contributed by atoms with Gasteiger partial charge in [-0.2, -0.15) is 0 Å². The topological polar surface area (TPSA) is 90.7 Å². The van der Waals surface area contributed by atoms with Gasteiger partial charge in [0.2, 0.25) is 0 Å². The van der Waals surface area contributed by atoms with Gasteiger partial charge in [0.15, 0.2) is 0 Å². The Bertz CT molecular complexity index is 584. The van der Waals surface area contributed by atoms with Crippen LogP contribution >= 0.6 is 0 Å². The van der Waals surface area contributed by atoms with E-state index in [0.29, 0.717) is 31.8 Å². The lowest BCUT2D eigenvalue weighted by atomic mass is 10.2. The molecule has 2 aromatic carbocycles. The first-order valence-corrected chi connectivity index (χ1v) is 8.91. The average Bonchev–Trinajstić information content (AvgIpc) is 2.75. The summed E-state index contributed by atoms with van der Waals surface area (Å²) in [6.45, 7) is 9.53. The van der Waals surface area contributed by atoms with Gasteiger partial charge in [0.05, 0.1) is 0 Å². The van der Waals surface area contributed by atoms with E-state index in [1.165, 1.54) is 0 Å². The van der Waals surface area contributed by atoms with Gasteiger partial charge in [0, 0.05) is 18.4 Å². The number of nitrogen functional groups attached to an aromatic ring is 1. The SMILES string of the molecule is CC.CC.CNc1ccc(COC=O)cc1.Nc1ccc(COC=O)cc1. The molecule has 0 aliphatic rings. The summed E-state index contributed by atoms with van der Waals surface area (Å²) < 4.78 is 9.13. The minimum Gasteiger partial charge on any atom is -0.463 e. The molecule has 0 aromatic heterocycles. The van der Waals surface area contributed by atoms with Crippen LogP contribution in [0.2, 0.25) is 0 Å². The van der Waals surface area contributed by atoms with E-state index in [1.807, 2.05) is 71.1 Å². The number of nitrogens with one attached hydrogen (secondary N) is 1. The summed E-state index contributed by atoms with van der Waals surface area (Å²) in [4.78, 5) is 19.7. The van der Waals surface area contributed by atoms with Crippen LogP contribution in [0.5, 0.6) is 0 Å². The minimum atomic E-state index is 0.309. The van der Waals surface area contributed by atoms with Crippen molar-refractivity contribution in [1.29, 1.82) is 0 Å². The summed E-state index contributed by atoms with van der Waals surface area (Å²) in [5, 5.41) is 3.00. The van der Waals surface area contributed by atoms with E-state index in [0.717, 1.165) is 16.8 Å². The van der Waals surface area contributed by atoms with Crippen molar-refractivity contribution in [2.45, 2.75) is 40.9 Å². The van der Waals surface area contributed by atoms with Crippen molar-refractivity contribution in [3.8, 4) is 0 Å². The van der Waals surface area contributed by atoms with Crippen LogP contribution in [0.1, 0.15) is 38.8 Å². The molecule has 150 valence electrons. The molecule has 0 bridgehead atoms. The second-order valence-corrected chi connectivity index (χ2v) is 4.50. The first-order valence-electron chi connectivity index (χ1n) is 8.91. The van der Waals surface area contributed by atoms with Gasteiger partial charge in [-0.15, -0.1) is 0 Å². The highest BCUT2D eigenvalue weighted by molar-refractivity contribution is 5.44. The Kier molecular flexibility index (Phi) is 18.7. The first-order chi connectivity index (χ1) is 13.2. The molecule has 0 amide bonds. The van der Waals surface area contributed by atoms with E-state index in [9.17, 15) is 9.59 Å². The molecule has 0 saturated heterocycles. The molecule has 27 heavy (non-hydrogen) atoms. The predicted molar refractivity (Wildman–Crippen MR) is 111 cm³/mol. The Morgan fingerprint density at radius 1 is 0.778 bits per heavy atom. The van der Waals surface area contributed by atoms with Gasteiger partial charge < -0.3 is 20.5 Å². The van der Waals surface area contributed by atoms with Crippen LogP contribution in [0.25, 0.3) is 0 Å². The van der Waals surface area contributed by atoms with Gasteiger partial charge in [-0.1, -0.05) is 52.0 Å². The van der Waals surface area contributed by atoms with Crippen molar-refractivity contribution < 1.29 is 19.1 Å². The average molecular weight is 376 g/mol. The third kappa shape index (κ3) is 13.9. The fourth-order valence-electron chi connectivity index (χ4n) is 1.64. The Labute approximate surface area is 162 Å². The molecule has 0 radical (unpaired) electrons. The van der Waals surface area contributed by atoms with Crippen molar-refractivity contribution in [3.63, 3.8) is 0 Å². The molecule has 3 N–H and O–H groups in total. The van der Waals surface area contributed by atoms with Crippen LogP contribution in [0, 0.1) is 0 Å². The number of hydrogen-bond acceptors (Lipinski definition) is 6. The van der Waals surface area contributed by atoms with Crippen molar-refractivity contribution in [3.05, 3.63) is 59.7 Å². The Morgan fingerprint density at radius 2 is 1.15 bits per heavy atom. The summed E-state index contributed by atoms with van der Waals surface area (Å²) in [6, 6.07) is 14.9. The van der Waals surface area contributed by atoms with Crippen LogP contribution in [0.3, 0.4) is 0 Å². The highest BCUT2D eigenvalue weighted by Gasteiger charge is 1.92. The molecule has 6 heteroatoms. The quantitative estimate of drug-likeness (QED) is 0.550. The van der Waals surface area contributed by atoms with Crippen molar-refractivity contribution >= 4 is 24.3 Å². The molecule has 0 aliphatic heterocycles. The first kappa shape index (κ1) is 26.2. The zero-order valence-corrected chi connectivity index (χ0v) is 16.9. The molecule has 0 spiro atoms. The van der Waals surface area contributed by atoms with E-state index >= 15 is 0 Å². The largest absolute Gasteiger partial charge is 0.463 e. The van der Waals surface area contributed by atoms with Gasteiger partial charge in [-0.25, -0.2) is 0 Å². The van der Waals surface area contributed by atoms with Crippen molar-refractivity contribution in [2.24, 2.45) is 0 Å². The molecular formula is C21H32N2O4. The van der Waals surface area contributed by atoms with Crippen molar-refractivity contribution in [1.82, 2.24) is 0 Å². The standard InChI is InChI=1S/C9H11NO2.C8H9NO2.2C2H6/c1-10-9-4-2-8(3-5-9)6-12-7-11;9-8-3-1-7(2-4-8)5-11-6-10;2*1-2/h2-5,7,10H,6H2,1H3;1-4,6H,5,9H2;2*1-2H3.